The van der Waals surface area contributed by atoms with E-state index in [-0.39, 0.29) is 12.7 Å². The molecule has 1 atom stereocenters. The second kappa shape index (κ2) is 9.01. The highest BCUT2D eigenvalue weighted by Crippen LogP contribution is 2.33. The summed E-state index contributed by atoms with van der Waals surface area (Å²) in [7, 11) is 1.57. The third kappa shape index (κ3) is 3.82. The summed E-state index contributed by atoms with van der Waals surface area (Å²) >= 11 is 0. The first kappa shape index (κ1) is 20.5. The first-order chi connectivity index (χ1) is 15.8. The SMILES string of the molecule is COC(CO)COCc1ccc(-c2cnc3c4ccccc4c4ccccc4c3n2)cc1. The van der Waals surface area contributed by atoms with E-state index in [9.17, 15) is 0 Å². The first-order valence-electron chi connectivity index (χ1n) is 10.7. The van der Waals surface area contributed by atoms with Crippen LogP contribution in [0.25, 0.3) is 43.8 Å². The maximum Gasteiger partial charge on any atom is 0.103 e. The fourth-order valence-corrected chi connectivity index (χ4v) is 4.04. The third-order valence-corrected chi connectivity index (χ3v) is 5.79. The summed E-state index contributed by atoms with van der Waals surface area (Å²) in [5, 5.41) is 13.8. The number of aliphatic hydroxyl groups excluding tert-OH is 1. The topological polar surface area (TPSA) is 64.5 Å². The fraction of sp³-hybridized carbons (Fsp3) is 0.185. The van der Waals surface area contributed by atoms with Gasteiger partial charge in [-0.2, -0.15) is 0 Å². The van der Waals surface area contributed by atoms with Crippen molar-refractivity contribution in [2.75, 3.05) is 20.3 Å². The molecule has 5 aromatic rings. The van der Waals surface area contributed by atoms with Crippen molar-refractivity contribution in [2.45, 2.75) is 12.7 Å². The number of aromatic nitrogens is 2. The van der Waals surface area contributed by atoms with E-state index in [0.717, 1.165) is 38.6 Å². The predicted octanol–water partition coefficient (Wildman–Crippen LogP) is 5.13. The Labute approximate surface area is 186 Å². The average molecular weight is 425 g/mol. The van der Waals surface area contributed by atoms with Crippen molar-refractivity contribution in [1.82, 2.24) is 9.97 Å². The van der Waals surface area contributed by atoms with Crippen molar-refractivity contribution < 1.29 is 14.6 Å². The second-order valence-electron chi connectivity index (χ2n) is 7.80. The Balaban J connectivity index is 1.49. The van der Waals surface area contributed by atoms with Crippen LogP contribution in [0.2, 0.25) is 0 Å². The lowest BCUT2D eigenvalue weighted by Gasteiger charge is -2.13. The minimum atomic E-state index is -0.298. The van der Waals surface area contributed by atoms with Crippen LogP contribution in [0.3, 0.4) is 0 Å². The van der Waals surface area contributed by atoms with E-state index in [0.29, 0.717) is 13.2 Å². The number of aliphatic hydroxyl groups is 1. The largest absolute Gasteiger partial charge is 0.394 e. The van der Waals surface area contributed by atoms with Gasteiger partial charge >= 0.3 is 0 Å². The van der Waals surface area contributed by atoms with Gasteiger partial charge in [-0.25, -0.2) is 4.98 Å². The molecule has 0 aliphatic carbocycles. The normalized spacial score (nSPS) is 12.6. The average Bonchev–Trinajstić information content (AvgIpc) is 2.87. The highest BCUT2D eigenvalue weighted by Gasteiger charge is 2.12. The predicted molar refractivity (Wildman–Crippen MR) is 128 cm³/mol. The van der Waals surface area contributed by atoms with Crippen LogP contribution in [0.5, 0.6) is 0 Å². The van der Waals surface area contributed by atoms with Gasteiger partial charge in [-0.05, 0) is 16.3 Å². The number of fused-ring (bicyclic) bond motifs is 6. The van der Waals surface area contributed by atoms with Gasteiger partial charge in [0.25, 0.3) is 0 Å². The molecule has 0 aliphatic rings. The van der Waals surface area contributed by atoms with Gasteiger partial charge in [0.15, 0.2) is 0 Å². The van der Waals surface area contributed by atoms with E-state index in [4.69, 9.17) is 24.5 Å². The number of hydrogen-bond donors (Lipinski definition) is 1. The maximum absolute atomic E-state index is 9.17. The molecule has 0 amide bonds. The molecule has 5 rings (SSSR count). The number of rotatable bonds is 7. The summed E-state index contributed by atoms with van der Waals surface area (Å²) in [4.78, 5) is 9.84. The zero-order valence-electron chi connectivity index (χ0n) is 17.9. The van der Waals surface area contributed by atoms with Crippen molar-refractivity contribution in [2.24, 2.45) is 0 Å². The summed E-state index contributed by atoms with van der Waals surface area (Å²) in [6.07, 6.45) is 1.55. The molecule has 5 heteroatoms. The number of nitrogens with zero attached hydrogens (tertiary/aromatic N) is 2. The molecule has 0 saturated carbocycles. The molecule has 0 spiro atoms. The Morgan fingerprint density at radius 3 is 2.06 bits per heavy atom. The zero-order valence-corrected chi connectivity index (χ0v) is 17.9. The van der Waals surface area contributed by atoms with Gasteiger partial charge in [0.1, 0.15) is 6.10 Å². The summed E-state index contributed by atoms with van der Waals surface area (Å²) in [5.41, 5.74) is 4.73. The molecule has 1 aromatic heterocycles. The molecule has 5 nitrogen and oxygen atoms in total. The molecule has 0 radical (unpaired) electrons. The quantitative estimate of drug-likeness (QED) is 0.367. The van der Waals surface area contributed by atoms with Crippen LogP contribution in [0.4, 0.5) is 0 Å². The van der Waals surface area contributed by atoms with Crippen LogP contribution in [0.1, 0.15) is 5.56 Å². The van der Waals surface area contributed by atoms with Crippen molar-refractivity contribution in [3.05, 3.63) is 84.6 Å². The molecule has 1 N–H and O–H groups in total. The Bertz CT molecular complexity index is 1340. The summed E-state index contributed by atoms with van der Waals surface area (Å²) < 4.78 is 10.8. The highest BCUT2D eigenvalue weighted by atomic mass is 16.5. The van der Waals surface area contributed by atoms with Gasteiger partial charge in [-0.3, -0.25) is 4.98 Å². The minimum Gasteiger partial charge on any atom is -0.394 e. The number of hydrogen-bond acceptors (Lipinski definition) is 5. The lowest BCUT2D eigenvalue weighted by molar-refractivity contribution is -0.0248. The van der Waals surface area contributed by atoms with E-state index in [1.54, 1.807) is 7.11 Å². The molecule has 0 bridgehead atoms. The number of ether oxygens (including phenoxy) is 2. The molecule has 1 heterocycles. The molecule has 32 heavy (non-hydrogen) atoms. The number of methoxy groups -OCH3 is 1. The second-order valence-corrected chi connectivity index (χ2v) is 7.80. The van der Waals surface area contributed by atoms with E-state index >= 15 is 0 Å². The molecule has 0 saturated heterocycles. The third-order valence-electron chi connectivity index (χ3n) is 5.79. The van der Waals surface area contributed by atoms with Crippen LogP contribution in [0.15, 0.2) is 79.0 Å². The van der Waals surface area contributed by atoms with Crippen LogP contribution in [-0.4, -0.2) is 41.5 Å². The van der Waals surface area contributed by atoms with Gasteiger partial charge in [0.2, 0.25) is 0 Å². The fourth-order valence-electron chi connectivity index (χ4n) is 4.04. The summed E-state index contributed by atoms with van der Waals surface area (Å²) in [6, 6.07) is 24.9. The van der Waals surface area contributed by atoms with E-state index in [1.165, 1.54) is 10.8 Å². The van der Waals surface area contributed by atoms with Gasteiger partial charge in [0.05, 0.1) is 42.7 Å². The minimum absolute atomic E-state index is 0.0555. The van der Waals surface area contributed by atoms with Gasteiger partial charge in [-0.1, -0.05) is 72.8 Å². The van der Waals surface area contributed by atoms with E-state index in [2.05, 4.69) is 36.4 Å². The Hall–Kier alpha value is -3.38. The van der Waals surface area contributed by atoms with Crippen LogP contribution < -0.4 is 0 Å². The van der Waals surface area contributed by atoms with Crippen molar-refractivity contribution in [3.63, 3.8) is 0 Å². The monoisotopic (exact) mass is 424 g/mol. The lowest BCUT2D eigenvalue weighted by atomic mass is 9.99. The molecule has 1 unspecified atom stereocenters. The molecule has 0 aliphatic heterocycles. The summed E-state index contributed by atoms with van der Waals surface area (Å²) in [5.74, 6) is 0. The first-order valence-corrected chi connectivity index (χ1v) is 10.7. The molecular weight excluding hydrogens is 400 g/mol. The Morgan fingerprint density at radius 2 is 1.44 bits per heavy atom. The van der Waals surface area contributed by atoms with Crippen LogP contribution >= 0.6 is 0 Å². The van der Waals surface area contributed by atoms with Crippen molar-refractivity contribution >= 4 is 32.6 Å². The van der Waals surface area contributed by atoms with Crippen LogP contribution in [-0.2, 0) is 16.1 Å². The van der Waals surface area contributed by atoms with Gasteiger partial charge in [0, 0.05) is 23.4 Å². The van der Waals surface area contributed by atoms with Gasteiger partial charge < -0.3 is 14.6 Å². The standard InChI is InChI=1S/C27H24N2O3/c1-31-20(15-30)17-32-16-18-10-12-19(13-11-18)25-14-28-26-23-8-4-2-6-21(23)22-7-3-5-9-24(22)27(26)29-25/h2-14,20,30H,15-17H2,1H3. The van der Waals surface area contributed by atoms with Gasteiger partial charge in [-0.15, -0.1) is 0 Å². The zero-order chi connectivity index (χ0) is 21.9. The number of benzene rings is 4. The van der Waals surface area contributed by atoms with E-state index in [1.807, 2.05) is 42.6 Å². The lowest BCUT2D eigenvalue weighted by Crippen LogP contribution is -2.22. The van der Waals surface area contributed by atoms with Crippen molar-refractivity contribution in [3.8, 4) is 11.3 Å². The van der Waals surface area contributed by atoms with E-state index < -0.39 is 0 Å². The highest BCUT2D eigenvalue weighted by molar-refractivity contribution is 6.23. The van der Waals surface area contributed by atoms with Crippen molar-refractivity contribution in [1.29, 1.82) is 0 Å². The Kier molecular flexibility index (Phi) is 5.77. The smallest absolute Gasteiger partial charge is 0.103 e. The molecule has 4 aromatic carbocycles. The maximum atomic E-state index is 9.17. The summed E-state index contributed by atoms with van der Waals surface area (Å²) in [6.45, 7) is 0.756. The molecular formula is C27H24N2O3. The molecule has 0 fully saturated rings. The molecule has 160 valence electrons. The Morgan fingerprint density at radius 1 is 0.812 bits per heavy atom. The van der Waals surface area contributed by atoms with Crippen LogP contribution in [0, 0.1) is 0 Å².